The van der Waals surface area contributed by atoms with Gasteiger partial charge >= 0.3 is 11.9 Å². The number of aliphatic hydroxyl groups excluding tert-OH is 1. The highest BCUT2D eigenvalue weighted by atomic mass is 16.6. The van der Waals surface area contributed by atoms with Gasteiger partial charge in [0, 0.05) is 11.5 Å². The van der Waals surface area contributed by atoms with Gasteiger partial charge in [-0.3, -0.25) is 9.59 Å². The molecule has 2 aliphatic carbocycles. The van der Waals surface area contributed by atoms with Crippen molar-refractivity contribution in [1.82, 2.24) is 0 Å². The van der Waals surface area contributed by atoms with Gasteiger partial charge in [-0.05, 0) is 38.7 Å². The predicted octanol–water partition coefficient (Wildman–Crippen LogP) is 1.81. The topological polar surface area (TPSA) is 89.9 Å². The van der Waals surface area contributed by atoms with Crippen molar-refractivity contribution >= 4 is 17.7 Å². The first-order chi connectivity index (χ1) is 12.1. The van der Waals surface area contributed by atoms with E-state index in [1.807, 2.05) is 6.92 Å². The van der Waals surface area contributed by atoms with Gasteiger partial charge in [0.1, 0.15) is 12.2 Å². The number of carbonyl (C=O) groups excluding carboxylic acids is 3. The molecule has 2 fully saturated rings. The van der Waals surface area contributed by atoms with Crippen LogP contribution in [0.25, 0.3) is 0 Å². The maximum Gasteiger partial charge on any atom is 0.333 e. The molecule has 6 heteroatoms. The summed E-state index contributed by atoms with van der Waals surface area (Å²) in [4.78, 5) is 37.6. The molecule has 0 aromatic rings. The Morgan fingerprint density at radius 2 is 2.00 bits per heavy atom. The molecule has 3 rings (SSSR count). The Bertz CT molecular complexity index is 707. The Morgan fingerprint density at radius 1 is 1.35 bits per heavy atom. The summed E-state index contributed by atoms with van der Waals surface area (Å²) in [6.45, 7) is 8.68. The molecule has 6 nitrogen and oxygen atoms in total. The monoisotopic (exact) mass is 362 g/mol. The number of esters is 2. The molecular formula is C20H26O6. The van der Waals surface area contributed by atoms with Gasteiger partial charge in [-0.25, -0.2) is 4.79 Å². The number of aliphatic hydroxyl groups is 1. The standard InChI is InChI=1S/C20H26O6/c1-6-9(2)18(23)26-17-14-11(4)19(24)25-16(14)15(22)10(3)12-7-8-13(21)20(12,17)5/h6-8,10-12,14-17,22H,1-5H3. The van der Waals surface area contributed by atoms with Crippen LogP contribution in [0.4, 0.5) is 0 Å². The fourth-order valence-electron chi connectivity index (χ4n) is 4.72. The summed E-state index contributed by atoms with van der Waals surface area (Å²) in [5, 5.41) is 10.8. The number of rotatable bonds is 2. The van der Waals surface area contributed by atoms with E-state index in [1.165, 1.54) is 6.08 Å². The predicted molar refractivity (Wildman–Crippen MR) is 92.8 cm³/mol. The van der Waals surface area contributed by atoms with Crippen molar-refractivity contribution in [2.75, 3.05) is 0 Å². The molecule has 3 aliphatic rings. The molecule has 0 aromatic heterocycles. The Kier molecular flexibility index (Phi) is 4.59. The molecule has 8 unspecified atom stereocenters. The Morgan fingerprint density at radius 3 is 2.62 bits per heavy atom. The lowest BCUT2D eigenvalue weighted by atomic mass is 9.66. The maximum absolute atomic E-state index is 12.8. The highest BCUT2D eigenvalue weighted by Gasteiger charge is 2.65. The van der Waals surface area contributed by atoms with Crippen LogP contribution >= 0.6 is 0 Å². The first-order valence-electron chi connectivity index (χ1n) is 9.09. The van der Waals surface area contributed by atoms with Gasteiger partial charge in [-0.2, -0.15) is 0 Å². The highest BCUT2D eigenvalue weighted by molar-refractivity contribution is 5.99. The zero-order valence-corrected chi connectivity index (χ0v) is 15.8. The number of fused-ring (bicyclic) bond motifs is 2. The average Bonchev–Trinajstić information content (AvgIpc) is 3.06. The zero-order chi connectivity index (χ0) is 19.4. The van der Waals surface area contributed by atoms with Crippen molar-refractivity contribution in [3.63, 3.8) is 0 Å². The van der Waals surface area contributed by atoms with Crippen LogP contribution in [0.3, 0.4) is 0 Å². The quantitative estimate of drug-likeness (QED) is 0.595. The van der Waals surface area contributed by atoms with Crippen LogP contribution in [0.1, 0.15) is 34.6 Å². The molecule has 0 aromatic carbocycles. The average molecular weight is 362 g/mol. The number of hydrogen-bond acceptors (Lipinski definition) is 6. The molecule has 1 saturated carbocycles. The molecule has 0 bridgehead atoms. The Hall–Kier alpha value is -1.95. The normalized spacial score (nSPS) is 45.0. The summed E-state index contributed by atoms with van der Waals surface area (Å²) >= 11 is 0. The number of ketones is 1. The largest absolute Gasteiger partial charge is 0.459 e. The van der Waals surface area contributed by atoms with E-state index in [1.54, 1.807) is 39.8 Å². The van der Waals surface area contributed by atoms with Crippen molar-refractivity contribution in [2.24, 2.45) is 29.1 Å². The minimum Gasteiger partial charge on any atom is -0.459 e. The van der Waals surface area contributed by atoms with Crippen molar-refractivity contribution in [1.29, 1.82) is 0 Å². The van der Waals surface area contributed by atoms with Gasteiger partial charge in [0.2, 0.25) is 0 Å². The molecule has 8 atom stereocenters. The van der Waals surface area contributed by atoms with Crippen LogP contribution in [0.2, 0.25) is 0 Å². The fraction of sp³-hybridized carbons (Fsp3) is 0.650. The van der Waals surface area contributed by atoms with Gasteiger partial charge in [0.05, 0.1) is 17.4 Å². The lowest BCUT2D eigenvalue weighted by Gasteiger charge is -2.40. The van der Waals surface area contributed by atoms with E-state index in [4.69, 9.17) is 9.47 Å². The first-order valence-corrected chi connectivity index (χ1v) is 9.09. The van der Waals surface area contributed by atoms with Gasteiger partial charge in [-0.1, -0.05) is 26.0 Å². The second-order valence-electron chi connectivity index (χ2n) is 7.95. The molecule has 0 amide bonds. The number of hydrogen-bond donors (Lipinski definition) is 1. The van der Waals surface area contributed by atoms with Crippen LogP contribution in [0, 0.1) is 29.1 Å². The van der Waals surface area contributed by atoms with Crippen molar-refractivity contribution in [3.8, 4) is 0 Å². The minimum absolute atomic E-state index is 0.148. The molecule has 1 aliphatic heterocycles. The van der Waals surface area contributed by atoms with E-state index in [0.29, 0.717) is 5.57 Å². The van der Waals surface area contributed by atoms with Crippen molar-refractivity contribution < 1.29 is 29.0 Å². The molecule has 0 radical (unpaired) electrons. The SMILES string of the molecule is CC=C(C)C(=O)OC1C2C(C)C(=O)OC2C(O)C(C)C2C=CC(=O)C21C. The van der Waals surface area contributed by atoms with Gasteiger partial charge in [-0.15, -0.1) is 0 Å². The van der Waals surface area contributed by atoms with E-state index >= 15 is 0 Å². The summed E-state index contributed by atoms with van der Waals surface area (Å²) in [5.74, 6) is -2.88. The summed E-state index contributed by atoms with van der Waals surface area (Å²) in [5.41, 5.74) is -0.609. The van der Waals surface area contributed by atoms with E-state index < -0.39 is 47.5 Å². The van der Waals surface area contributed by atoms with Gasteiger partial charge < -0.3 is 14.6 Å². The van der Waals surface area contributed by atoms with Crippen LogP contribution in [-0.4, -0.2) is 41.1 Å². The number of ether oxygens (including phenoxy) is 2. The van der Waals surface area contributed by atoms with Crippen LogP contribution in [0.15, 0.2) is 23.8 Å². The lowest BCUT2D eigenvalue weighted by molar-refractivity contribution is -0.163. The first kappa shape index (κ1) is 18.8. The number of allylic oxidation sites excluding steroid dienone is 3. The molecule has 142 valence electrons. The van der Waals surface area contributed by atoms with Gasteiger partial charge in [0.25, 0.3) is 0 Å². The smallest absolute Gasteiger partial charge is 0.333 e. The third-order valence-electron chi connectivity index (χ3n) is 6.63. The van der Waals surface area contributed by atoms with Crippen LogP contribution < -0.4 is 0 Å². The zero-order valence-electron chi connectivity index (χ0n) is 15.8. The lowest BCUT2D eigenvalue weighted by Crippen LogP contribution is -2.50. The highest BCUT2D eigenvalue weighted by Crippen LogP contribution is 2.54. The molecule has 1 heterocycles. The third kappa shape index (κ3) is 2.46. The van der Waals surface area contributed by atoms with E-state index in [2.05, 4.69) is 0 Å². The number of carbonyl (C=O) groups is 3. The van der Waals surface area contributed by atoms with Crippen molar-refractivity contribution in [2.45, 2.75) is 52.9 Å². The molecule has 0 spiro atoms. The van der Waals surface area contributed by atoms with Gasteiger partial charge in [0.15, 0.2) is 5.78 Å². The fourth-order valence-corrected chi connectivity index (χ4v) is 4.72. The second-order valence-corrected chi connectivity index (χ2v) is 7.95. The Labute approximate surface area is 153 Å². The molecule has 1 saturated heterocycles. The van der Waals surface area contributed by atoms with E-state index in [-0.39, 0.29) is 17.6 Å². The summed E-state index contributed by atoms with van der Waals surface area (Å²) in [6.07, 6.45) is 2.35. The third-order valence-corrected chi connectivity index (χ3v) is 6.63. The summed E-state index contributed by atoms with van der Waals surface area (Å²) < 4.78 is 11.3. The Balaban J connectivity index is 2.12. The molecular weight excluding hydrogens is 336 g/mol. The second kappa shape index (κ2) is 6.34. The maximum atomic E-state index is 12.8. The van der Waals surface area contributed by atoms with Crippen LogP contribution in [-0.2, 0) is 23.9 Å². The summed E-state index contributed by atoms with van der Waals surface area (Å²) in [7, 11) is 0. The molecule has 1 N–H and O–H groups in total. The van der Waals surface area contributed by atoms with Crippen molar-refractivity contribution in [3.05, 3.63) is 23.8 Å². The minimum atomic E-state index is -1.04. The summed E-state index contributed by atoms with van der Waals surface area (Å²) in [6, 6.07) is 0. The van der Waals surface area contributed by atoms with E-state index in [9.17, 15) is 19.5 Å². The van der Waals surface area contributed by atoms with Crippen LogP contribution in [0.5, 0.6) is 0 Å². The molecule has 26 heavy (non-hydrogen) atoms. The van der Waals surface area contributed by atoms with E-state index in [0.717, 1.165) is 0 Å².